The Morgan fingerprint density at radius 2 is 2.20 bits per heavy atom. The maximum absolute atomic E-state index is 13.8. The molecule has 0 radical (unpaired) electrons. The first-order chi connectivity index (χ1) is 16.7. The molecule has 1 fully saturated rings. The van der Waals surface area contributed by atoms with Crippen molar-refractivity contribution >= 4 is 40.8 Å². The van der Waals surface area contributed by atoms with Gasteiger partial charge in [-0.2, -0.15) is 9.61 Å². The van der Waals surface area contributed by atoms with Gasteiger partial charge in [0.1, 0.15) is 17.1 Å². The van der Waals surface area contributed by atoms with Gasteiger partial charge < -0.3 is 20.5 Å². The number of allylic oxidation sites excluding steroid dienone is 5. The third-order valence-electron chi connectivity index (χ3n) is 5.56. The van der Waals surface area contributed by atoms with Crippen molar-refractivity contribution < 1.29 is 23.4 Å². The number of hydrogen-bond donors (Lipinski definition) is 2. The fourth-order valence-electron chi connectivity index (χ4n) is 3.97. The normalized spacial score (nSPS) is 18.6. The molecular weight excluding hydrogens is 482 g/mol. The van der Waals surface area contributed by atoms with Gasteiger partial charge in [-0.05, 0) is 25.2 Å². The minimum absolute atomic E-state index is 0.0516. The summed E-state index contributed by atoms with van der Waals surface area (Å²) in [4.78, 5) is 22.6. The number of alkyl halides is 2. The molecule has 0 spiro atoms. The maximum atomic E-state index is 13.8. The molecule has 1 aliphatic heterocycles. The van der Waals surface area contributed by atoms with E-state index in [2.05, 4.69) is 21.7 Å². The lowest BCUT2D eigenvalue weighted by Crippen LogP contribution is -2.53. The lowest BCUT2D eigenvalue weighted by molar-refractivity contribution is 0.0131. The van der Waals surface area contributed by atoms with Crippen LogP contribution in [0.2, 0.25) is 0 Å². The number of aliphatic hydroxyl groups is 1. The summed E-state index contributed by atoms with van der Waals surface area (Å²) < 4.78 is 34.3. The predicted octanol–water partition coefficient (Wildman–Crippen LogP) is 2.93. The Morgan fingerprint density at radius 3 is 2.83 bits per heavy atom. The van der Waals surface area contributed by atoms with Gasteiger partial charge in [0.15, 0.2) is 5.65 Å². The molecule has 3 heterocycles. The smallest absolute Gasteiger partial charge is 0.283 e. The van der Waals surface area contributed by atoms with Crippen molar-refractivity contribution in [2.45, 2.75) is 19.5 Å². The van der Waals surface area contributed by atoms with Crippen molar-refractivity contribution in [1.82, 2.24) is 14.6 Å². The Balaban J connectivity index is 1.93. The summed E-state index contributed by atoms with van der Waals surface area (Å²) in [7, 11) is 0. The highest BCUT2D eigenvalue weighted by Crippen LogP contribution is 2.35. The molecule has 9 nitrogen and oxygen atoms in total. The van der Waals surface area contributed by atoms with E-state index in [0.29, 0.717) is 46.5 Å². The number of hydrogen-bond acceptors (Lipinski definition) is 7. The van der Waals surface area contributed by atoms with Crippen molar-refractivity contribution in [1.29, 1.82) is 0 Å². The predicted molar refractivity (Wildman–Crippen MR) is 129 cm³/mol. The third kappa shape index (κ3) is 4.75. The molecular formula is C23H23ClF2N6O3. The van der Waals surface area contributed by atoms with E-state index in [0.717, 1.165) is 0 Å². The number of amides is 1. The zero-order chi connectivity index (χ0) is 25.3. The number of aromatic nitrogens is 3. The van der Waals surface area contributed by atoms with Crippen LogP contribution in [0.1, 0.15) is 33.7 Å². The quantitative estimate of drug-likeness (QED) is 0.570. The molecule has 3 N–H and O–H groups in total. The lowest BCUT2D eigenvalue weighted by atomic mass is 10.0. The maximum Gasteiger partial charge on any atom is 0.283 e. The lowest BCUT2D eigenvalue weighted by Gasteiger charge is -2.41. The molecule has 184 valence electrons. The first-order valence-corrected chi connectivity index (χ1v) is 11.1. The minimum atomic E-state index is -3.02. The van der Waals surface area contributed by atoms with E-state index in [1.165, 1.54) is 10.7 Å². The Bertz CT molecular complexity index is 1310. The number of carbonyl (C=O) groups is 1. The van der Waals surface area contributed by atoms with Crippen LogP contribution in [0.3, 0.4) is 0 Å². The molecule has 1 amide bonds. The van der Waals surface area contributed by atoms with Gasteiger partial charge in [0.2, 0.25) is 0 Å². The zero-order valence-corrected chi connectivity index (χ0v) is 19.5. The van der Waals surface area contributed by atoms with Gasteiger partial charge in [0.25, 0.3) is 12.3 Å². The van der Waals surface area contributed by atoms with Crippen LogP contribution in [0.4, 0.5) is 14.6 Å². The Morgan fingerprint density at radius 1 is 1.46 bits per heavy atom. The highest BCUT2D eigenvalue weighted by Gasteiger charge is 2.34. The highest BCUT2D eigenvalue weighted by atomic mass is 35.5. The molecule has 0 saturated carbocycles. The summed E-state index contributed by atoms with van der Waals surface area (Å²) in [6.45, 7) is 6.24. The molecule has 0 atom stereocenters. The topological polar surface area (TPSA) is 118 Å². The average molecular weight is 505 g/mol. The Kier molecular flexibility index (Phi) is 7.10. The van der Waals surface area contributed by atoms with Gasteiger partial charge in [-0.15, -0.1) is 0 Å². The minimum Gasteiger partial charge on any atom is -0.394 e. The van der Waals surface area contributed by atoms with E-state index < -0.39 is 23.6 Å². The van der Waals surface area contributed by atoms with Crippen molar-refractivity contribution in [2.24, 2.45) is 10.7 Å². The summed E-state index contributed by atoms with van der Waals surface area (Å²) in [5.41, 5.74) is 6.51. The van der Waals surface area contributed by atoms with E-state index in [9.17, 15) is 13.6 Å². The second-order valence-corrected chi connectivity index (χ2v) is 8.31. The second-order valence-electron chi connectivity index (χ2n) is 7.88. The summed E-state index contributed by atoms with van der Waals surface area (Å²) in [5, 5.41) is 13.5. The molecule has 12 heteroatoms. The first-order valence-electron chi connectivity index (χ1n) is 10.7. The molecule has 35 heavy (non-hydrogen) atoms. The monoisotopic (exact) mass is 504 g/mol. The molecule has 0 aromatic carbocycles. The number of nitrogens with two attached hydrogens (primary N) is 1. The van der Waals surface area contributed by atoms with Crippen LogP contribution >= 0.6 is 11.6 Å². The third-order valence-corrected chi connectivity index (χ3v) is 5.80. The standard InChI is InChI=1S/C23H23ClF2N6O3/c1-3-28-17-9-14(24)5-4-13(17)8-16-12(2)29-22-18(21(27)34)19(20(25)26)30-32(22)23(16)31-10-15(11-31)35-7-6-33/h3-5,8-9,15,20,33H,1,6-7,10-11H2,2H3,(H2,27,34)/b13-8+,28-17?. The average Bonchev–Trinajstić information content (AvgIpc) is 3.15. The molecule has 2 aromatic rings. The van der Waals surface area contributed by atoms with Crippen LogP contribution in [0.5, 0.6) is 0 Å². The van der Waals surface area contributed by atoms with Gasteiger partial charge in [0.05, 0.1) is 30.7 Å². The van der Waals surface area contributed by atoms with Crippen molar-refractivity contribution in [3.63, 3.8) is 0 Å². The van der Waals surface area contributed by atoms with Gasteiger partial charge in [-0.25, -0.2) is 13.8 Å². The van der Waals surface area contributed by atoms with Gasteiger partial charge in [-0.3, -0.25) is 9.79 Å². The largest absolute Gasteiger partial charge is 0.394 e. The van der Waals surface area contributed by atoms with Crippen molar-refractivity contribution in [3.8, 4) is 0 Å². The number of primary amides is 1. The molecule has 2 aliphatic rings. The SMILES string of the molecule is C=CN=C1C=C(Cl)C=C/C1=C\c1c(C)nc2c(C(N)=O)c(C(F)F)nn2c1N1CC(OCCO)C1. The summed E-state index contributed by atoms with van der Waals surface area (Å²) in [5.74, 6) is -0.590. The van der Waals surface area contributed by atoms with Crippen LogP contribution in [0.15, 0.2) is 46.6 Å². The van der Waals surface area contributed by atoms with Crippen molar-refractivity contribution in [3.05, 3.63) is 64.1 Å². The van der Waals surface area contributed by atoms with Crippen LogP contribution < -0.4 is 10.6 Å². The van der Waals surface area contributed by atoms with E-state index >= 15 is 0 Å². The number of rotatable bonds is 8. The van der Waals surface area contributed by atoms with Crippen LogP contribution in [0.25, 0.3) is 11.7 Å². The van der Waals surface area contributed by atoms with Crippen LogP contribution in [-0.4, -0.2) is 63.7 Å². The van der Waals surface area contributed by atoms with E-state index in [4.69, 9.17) is 27.2 Å². The number of fused-ring (bicyclic) bond motifs is 1. The summed E-state index contributed by atoms with van der Waals surface area (Å²) >= 11 is 6.13. The summed E-state index contributed by atoms with van der Waals surface area (Å²) in [6.07, 6.45) is 5.14. The zero-order valence-electron chi connectivity index (χ0n) is 18.8. The molecule has 4 rings (SSSR count). The fourth-order valence-corrected chi connectivity index (χ4v) is 4.14. The number of ether oxygens (including phenoxy) is 1. The van der Waals surface area contributed by atoms with Gasteiger partial charge in [0, 0.05) is 35.5 Å². The molecule has 1 aliphatic carbocycles. The number of carbonyl (C=O) groups excluding carboxylic acids is 1. The number of aliphatic imine (C=N–C) groups is 1. The highest BCUT2D eigenvalue weighted by molar-refractivity contribution is 6.35. The van der Waals surface area contributed by atoms with E-state index in [1.807, 2.05) is 4.90 Å². The number of nitrogens with zero attached hydrogens (tertiary/aromatic N) is 5. The number of halogens is 3. The molecule has 0 bridgehead atoms. The van der Waals surface area contributed by atoms with Crippen LogP contribution in [-0.2, 0) is 4.74 Å². The fraction of sp³-hybridized carbons (Fsp3) is 0.304. The summed E-state index contributed by atoms with van der Waals surface area (Å²) in [6, 6.07) is 0. The molecule has 1 saturated heterocycles. The van der Waals surface area contributed by atoms with Crippen LogP contribution in [0, 0.1) is 6.92 Å². The van der Waals surface area contributed by atoms with Crippen molar-refractivity contribution in [2.75, 3.05) is 31.2 Å². The van der Waals surface area contributed by atoms with Gasteiger partial charge >= 0.3 is 0 Å². The van der Waals surface area contributed by atoms with E-state index in [-0.39, 0.29) is 25.0 Å². The Hall–Kier alpha value is -3.41. The molecule has 0 unspecified atom stereocenters. The first kappa shape index (κ1) is 24.7. The number of aryl methyl sites for hydroxylation is 1. The van der Waals surface area contributed by atoms with E-state index in [1.54, 1.807) is 31.2 Å². The second kappa shape index (κ2) is 10.1. The molecule has 2 aromatic heterocycles. The number of anilines is 1. The number of aliphatic hydroxyl groups excluding tert-OH is 1. The Labute approximate surface area is 204 Å². The van der Waals surface area contributed by atoms with Gasteiger partial charge in [-0.1, -0.05) is 24.3 Å².